The second-order valence-corrected chi connectivity index (χ2v) is 27.7. The molecule has 2 unspecified atom stereocenters. The molecule has 504 valence electrons. The Labute approximate surface area is 534 Å². The summed E-state index contributed by atoms with van der Waals surface area (Å²) in [6, 6.07) is 0. The first-order valence-corrected chi connectivity index (χ1v) is 38.5. The summed E-state index contributed by atoms with van der Waals surface area (Å²) in [7, 11) is 1.18. The second kappa shape index (κ2) is 67.1. The molecule has 0 aromatic rings. The van der Waals surface area contributed by atoms with Gasteiger partial charge in [0.15, 0.2) is 6.10 Å². The molecule has 0 saturated carbocycles. The molecule has 2 atom stereocenters. The number of phosphoric acid groups is 1. The molecule has 9 nitrogen and oxygen atoms in total. The topological polar surface area (TPSA) is 111 Å². The lowest BCUT2D eigenvalue weighted by atomic mass is 10.0. The van der Waals surface area contributed by atoms with E-state index in [1.807, 2.05) is 21.1 Å². The normalized spacial score (nSPS) is 13.4. The smallest absolute Gasteiger partial charge is 0.306 e. The molecule has 0 saturated heterocycles. The van der Waals surface area contributed by atoms with E-state index >= 15 is 0 Å². The van der Waals surface area contributed by atoms with Gasteiger partial charge in [-0.25, -0.2) is 0 Å². The Kier molecular flexibility index (Phi) is 65.3. The highest BCUT2D eigenvalue weighted by Gasteiger charge is 2.22. The van der Waals surface area contributed by atoms with Gasteiger partial charge < -0.3 is 27.9 Å². The number of hydrogen-bond acceptors (Lipinski definition) is 8. The lowest BCUT2D eigenvalue weighted by molar-refractivity contribution is -0.870. The maximum atomic E-state index is 12.9. The van der Waals surface area contributed by atoms with Crippen LogP contribution in [0.15, 0.2) is 60.8 Å². The van der Waals surface area contributed by atoms with Crippen LogP contribution >= 0.6 is 7.82 Å². The number of ether oxygens (including phenoxy) is 2. The van der Waals surface area contributed by atoms with E-state index in [4.69, 9.17) is 18.5 Å². The average Bonchev–Trinajstić information content (AvgIpc) is 3.56. The van der Waals surface area contributed by atoms with Gasteiger partial charge in [-0.3, -0.25) is 14.2 Å². The summed E-state index contributed by atoms with van der Waals surface area (Å²) < 4.78 is 34.4. The van der Waals surface area contributed by atoms with Crippen molar-refractivity contribution in [3.05, 3.63) is 60.8 Å². The van der Waals surface area contributed by atoms with Gasteiger partial charge in [-0.05, 0) is 57.8 Å². The third-order valence-electron chi connectivity index (χ3n) is 16.6. The van der Waals surface area contributed by atoms with Crippen LogP contribution in [0.4, 0.5) is 0 Å². The number of nitrogens with zero attached hydrogens (tertiary/aromatic N) is 1. The predicted octanol–water partition coefficient (Wildman–Crippen LogP) is 23.5. The first-order valence-electron chi connectivity index (χ1n) is 37.0. The molecule has 0 aliphatic rings. The standard InChI is InChI=1S/C76H142NO8P/c1-6-8-10-12-14-16-18-20-22-24-26-28-30-32-34-36-38-40-42-44-46-48-50-52-54-56-58-60-62-64-66-68-75(78)82-72-74(73-84-86(80,81)83-71-70-77(3,4)5)85-76(79)69-67-65-63-61-59-57-55-53-51-49-47-45-43-41-39-37-35-33-31-29-27-25-23-21-19-17-15-13-11-9-7-2/h9,11,15,17,21,23,27,29,33,35,74H,6-8,10,12-14,16,18-20,22,24-26,28,30-32,34,36-73H2,1-5H3/b11-9-,17-15-,23-21-,29-27-,35-33-. The Bertz CT molecular complexity index is 1630. The molecule has 0 aliphatic heterocycles. The Hall–Kier alpha value is -2.29. The molecular formula is C76H142NO8P. The molecular weight excluding hydrogens is 1090 g/mol. The van der Waals surface area contributed by atoms with E-state index in [1.165, 1.54) is 257 Å². The monoisotopic (exact) mass is 1230 g/mol. The summed E-state index contributed by atoms with van der Waals surface area (Å²) in [4.78, 5) is 38.1. The first kappa shape index (κ1) is 83.7. The number of carbonyl (C=O) groups excluding carboxylic acids is 2. The second-order valence-electron chi connectivity index (χ2n) is 26.3. The van der Waals surface area contributed by atoms with Gasteiger partial charge in [0.1, 0.15) is 19.8 Å². The van der Waals surface area contributed by atoms with Gasteiger partial charge in [0.05, 0.1) is 27.7 Å². The molecule has 0 N–H and O–H groups in total. The number of unbranched alkanes of at least 4 members (excludes halogenated alkanes) is 45. The zero-order valence-electron chi connectivity index (χ0n) is 57.5. The largest absolute Gasteiger partial charge is 0.756 e. The Morgan fingerprint density at radius 2 is 0.663 bits per heavy atom. The van der Waals surface area contributed by atoms with Crippen molar-refractivity contribution in [2.75, 3.05) is 47.5 Å². The van der Waals surface area contributed by atoms with Gasteiger partial charge in [0.25, 0.3) is 7.82 Å². The molecule has 0 fully saturated rings. The van der Waals surface area contributed by atoms with Crippen LogP contribution in [0.5, 0.6) is 0 Å². The van der Waals surface area contributed by atoms with E-state index < -0.39 is 26.5 Å². The third-order valence-corrected chi connectivity index (χ3v) is 17.5. The SMILES string of the molecule is CC/C=C\C/C=C\C/C=C\C/C=C\C/C=C\CCCCCCCCCCCCCCCCCC(=O)OC(COC(=O)CCCCCCCCCCCCCCCCCCCCCCCCCCCCCCCCC)COP(=O)([O-])OCC[N+](C)(C)C. The summed E-state index contributed by atoms with van der Waals surface area (Å²) in [5.41, 5.74) is 0. The fourth-order valence-electron chi connectivity index (χ4n) is 10.9. The fourth-order valence-corrected chi connectivity index (χ4v) is 11.7. The van der Waals surface area contributed by atoms with Crippen molar-refractivity contribution in [2.45, 2.75) is 367 Å². The minimum Gasteiger partial charge on any atom is -0.756 e. The molecule has 0 bridgehead atoms. The summed E-state index contributed by atoms with van der Waals surface area (Å²) in [5.74, 6) is -0.815. The van der Waals surface area contributed by atoms with Crippen molar-refractivity contribution in [2.24, 2.45) is 0 Å². The third kappa shape index (κ3) is 70.8. The molecule has 0 spiro atoms. The highest BCUT2D eigenvalue weighted by molar-refractivity contribution is 7.45. The zero-order chi connectivity index (χ0) is 62.6. The Morgan fingerprint density at radius 1 is 0.372 bits per heavy atom. The van der Waals surface area contributed by atoms with Crippen LogP contribution in [-0.4, -0.2) is 70.0 Å². The maximum absolute atomic E-state index is 12.9. The minimum atomic E-state index is -4.64. The quantitative estimate of drug-likeness (QED) is 0.0195. The number of likely N-dealkylation sites (N-methyl/N-ethyl adjacent to an activating group) is 1. The predicted molar refractivity (Wildman–Crippen MR) is 370 cm³/mol. The molecule has 86 heavy (non-hydrogen) atoms. The maximum Gasteiger partial charge on any atom is 0.306 e. The van der Waals surface area contributed by atoms with Crippen LogP contribution in [0.25, 0.3) is 0 Å². The Morgan fingerprint density at radius 3 is 0.988 bits per heavy atom. The molecule has 0 rings (SSSR count). The summed E-state index contributed by atoms with van der Waals surface area (Å²) in [5, 5.41) is 0. The van der Waals surface area contributed by atoms with E-state index in [0.717, 1.165) is 70.6 Å². The number of quaternary nitrogens is 1. The number of hydrogen-bond donors (Lipinski definition) is 0. The fraction of sp³-hybridized carbons (Fsp3) is 0.842. The number of carbonyl (C=O) groups is 2. The van der Waals surface area contributed by atoms with Gasteiger partial charge >= 0.3 is 11.9 Å². The van der Waals surface area contributed by atoms with Gasteiger partial charge in [0, 0.05) is 12.8 Å². The molecule has 0 amide bonds. The van der Waals surface area contributed by atoms with Crippen molar-refractivity contribution < 1.29 is 42.1 Å². The van der Waals surface area contributed by atoms with Crippen LogP contribution in [0.3, 0.4) is 0 Å². The number of rotatable bonds is 69. The van der Waals surface area contributed by atoms with E-state index in [-0.39, 0.29) is 32.0 Å². The van der Waals surface area contributed by atoms with Crippen molar-refractivity contribution >= 4 is 19.8 Å². The van der Waals surface area contributed by atoms with Crippen molar-refractivity contribution in [3.63, 3.8) is 0 Å². The van der Waals surface area contributed by atoms with Crippen LogP contribution in [0.2, 0.25) is 0 Å². The first-order chi connectivity index (χ1) is 42.0. The van der Waals surface area contributed by atoms with E-state index in [1.54, 1.807) is 0 Å². The van der Waals surface area contributed by atoms with E-state index in [9.17, 15) is 19.0 Å². The molecule has 10 heteroatoms. The van der Waals surface area contributed by atoms with Crippen molar-refractivity contribution in [1.82, 2.24) is 0 Å². The molecule has 0 heterocycles. The number of allylic oxidation sites excluding steroid dienone is 10. The summed E-state index contributed by atoms with van der Waals surface area (Å²) >= 11 is 0. The minimum absolute atomic E-state index is 0.0297. The van der Waals surface area contributed by atoms with Gasteiger partial charge in [-0.2, -0.15) is 0 Å². The van der Waals surface area contributed by atoms with Crippen LogP contribution in [0, 0.1) is 0 Å². The zero-order valence-corrected chi connectivity index (χ0v) is 58.4. The number of esters is 2. The molecule has 0 aromatic heterocycles. The van der Waals surface area contributed by atoms with Gasteiger partial charge in [-0.1, -0.05) is 351 Å². The van der Waals surface area contributed by atoms with Crippen LogP contribution in [-0.2, 0) is 32.7 Å². The highest BCUT2D eigenvalue weighted by atomic mass is 31.2. The molecule has 0 aliphatic carbocycles. The number of phosphoric ester groups is 1. The van der Waals surface area contributed by atoms with Gasteiger partial charge in [-0.15, -0.1) is 0 Å². The van der Waals surface area contributed by atoms with Crippen molar-refractivity contribution in [3.8, 4) is 0 Å². The lowest BCUT2D eigenvalue weighted by Crippen LogP contribution is -2.37. The highest BCUT2D eigenvalue weighted by Crippen LogP contribution is 2.38. The van der Waals surface area contributed by atoms with Crippen LogP contribution in [0.1, 0.15) is 361 Å². The van der Waals surface area contributed by atoms with Crippen LogP contribution < -0.4 is 4.89 Å². The van der Waals surface area contributed by atoms with Gasteiger partial charge in [0.2, 0.25) is 0 Å². The summed E-state index contributed by atoms with van der Waals surface area (Å²) in [6.45, 7) is 4.19. The average molecular weight is 1230 g/mol. The Balaban J connectivity index is 3.98. The van der Waals surface area contributed by atoms with E-state index in [2.05, 4.69) is 74.6 Å². The summed E-state index contributed by atoms with van der Waals surface area (Å²) in [6.07, 6.45) is 88.9. The van der Waals surface area contributed by atoms with E-state index in [0.29, 0.717) is 17.4 Å². The van der Waals surface area contributed by atoms with Crippen molar-refractivity contribution in [1.29, 1.82) is 0 Å². The lowest BCUT2D eigenvalue weighted by Gasteiger charge is -2.28. The molecule has 0 aromatic carbocycles. The molecule has 0 radical (unpaired) electrons.